The Balaban J connectivity index is 3.93. The number of unbranched alkanes of at least 4 members (excludes halogenated alkanes) is 43. The molecule has 0 bridgehead atoms. The molecule has 0 rings (SSSR count). The van der Waals surface area contributed by atoms with Gasteiger partial charge in [0, 0.05) is 19.3 Å². The van der Waals surface area contributed by atoms with Gasteiger partial charge in [-0.1, -0.05) is 357 Å². The zero-order chi connectivity index (χ0) is 59.2. The van der Waals surface area contributed by atoms with Crippen molar-refractivity contribution in [1.82, 2.24) is 0 Å². The molecular weight excluding hydrogens is 1010 g/mol. The molecule has 0 aliphatic heterocycles. The van der Waals surface area contributed by atoms with Gasteiger partial charge in [0.15, 0.2) is 6.10 Å². The van der Waals surface area contributed by atoms with Gasteiger partial charge in [-0.3, -0.25) is 14.4 Å². The molecule has 0 aliphatic rings. The number of ether oxygens (including phenoxy) is 3. The summed E-state index contributed by atoms with van der Waals surface area (Å²) in [5.41, 5.74) is 0. The Hall–Kier alpha value is -3.15. The molecule has 1 unspecified atom stereocenters. The maximum atomic E-state index is 12.8. The lowest BCUT2D eigenvalue weighted by Crippen LogP contribution is -2.30. The van der Waals surface area contributed by atoms with Crippen LogP contribution in [0.2, 0.25) is 0 Å². The van der Waals surface area contributed by atoms with Crippen LogP contribution in [-0.4, -0.2) is 37.2 Å². The van der Waals surface area contributed by atoms with E-state index in [4.69, 9.17) is 14.2 Å². The van der Waals surface area contributed by atoms with Crippen molar-refractivity contribution in [1.29, 1.82) is 0 Å². The SMILES string of the molecule is CC/C=C\C/C=C\C/C=C\C/C=C\C/C=C\C/C=C\CCCCCCCCC(=O)OC(COC(=O)CCCCCCC)COC(=O)CCCCCCCCCCCCCCCCCCCCCCCCCCCCCCCCCCCC. The number of allylic oxidation sites excluding steroid dienone is 12. The van der Waals surface area contributed by atoms with E-state index in [-0.39, 0.29) is 31.1 Å². The first-order valence-corrected chi connectivity index (χ1v) is 35.9. The van der Waals surface area contributed by atoms with Crippen LogP contribution >= 0.6 is 0 Å². The highest BCUT2D eigenvalue weighted by Gasteiger charge is 2.19. The molecule has 0 N–H and O–H groups in total. The van der Waals surface area contributed by atoms with E-state index in [0.717, 1.165) is 116 Å². The van der Waals surface area contributed by atoms with Gasteiger partial charge in [-0.2, -0.15) is 0 Å². The number of esters is 3. The maximum absolute atomic E-state index is 12.8. The summed E-state index contributed by atoms with van der Waals surface area (Å²) in [5.74, 6) is -0.891. The van der Waals surface area contributed by atoms with E-state index < -0.39 is 6.10 Å². The van der Waals surface area contributed by atoms with Crippen molar-refractivity contribution in [2.24, 2.45) is 0 Å². The Morgan fingerprint density at radius 1 is 0.256 bits per heavy atom. The lowest BCUT2D eigenvalue weighted by atomic mass is 10.0. The summed E-state index contributed by atoms with van der Waals surface area (Å²) in [7, 11) is 0. The summed E-state index contributed by atoms with van der Waals surface area (Å²) in [6.45, 7) is 6.48. The lowest BCUT2D eigenvalue weighted by Gasteiger charge is -2.18. The van der Waals surface area contributed by atoms with Crippen molar-refractivity contribution in [3.05, 3.63) is 72.9 Å². The highest BCUT2D eigenvalue weighted by Crippen LogP contribution is 2.19. The fourth-order valence-corrected chi connectivity index (χ4v) is 10.6. The summed E-state index contributed by atoms with van der Waals surface area (Å²) >= 11 is 0. The van der Waals surface area contributed by atoms with E-state index in [2.05, 4.69) is 93.7 Å². The summed E-state index contributed by atoms with van der Waals surface area (Å²) < 4.78 is 16.8. The van der Waals surface area contributed by atoms with Crippen LogP contribution in [0.25, 0.3) is 0 Å². The van der Waals surface area contributed by atoms with Gasteiger partial charge < -0.3 is 14.2 Å². The first-order valence-electron chi connectivity index (χ1n) is 35.9. The third-order valence-corrected chi connectivity index (χ3v) is 16.0. The van der Waals surface area contributed by atoms with E-state index >= 15 is 0 Å². The molecule has 0 saturated heterocycles. The van der Waals surface area contributed by atoms with Gasteiger partial charge in [-0.15, -0.1) is 0 Å². The van der Waals surface area contributed by atoms with Crippen molar-refractivity contribution in [3.63, 3.8) is 0 Å². The van der Waals surface area contributed by atoms with E-state index in [1.54, 1.807) is 0 Å². The Kier molecular flexibility index (Phi) is 67.6. The average Bonchev–Trinajstić information content (AvgIpc) is 3.47. The van der Waals surface area contributed by atoms with Crippen molar-refractivity contribution < 1.29 is 28.6 Å². The van der Waals surface area contributed by atoms with Gasteiger partial charge >= 0.3 is 17.9 Å². The van der Waals surface area contributed by atoms with Crippen LogP contribution in [0.15, 0.2) is 72.9 Å². The molecule has 0 fully saturated rings. The Morgan fingerprint density at radius 3 is 0.744 bits per heavy atom. The smallest absolute Gasteiger partial charge is 0.306 e. The Morgan fingerprint density at radius 2 is 0.476 bits per heavy atom. The first-order chi connectivity index (χ1) is 40.5. The van der Waals surface area contributed by atoms with Crippen LogP contribution in [0.3, 0.4) is 0 Å². The van der Waals surface area contributed by atoms with E-state index in [9.17, 15) is 14.4 Å². The molecule has 0 spiro atoms. The van der Waals surface area contributed by atoms with E-state index in [0.29, 0.717) is 19.3 Å². The van der Waals surface area contributed by atoms with Crippen LogP contribution in [0, 0.1) is 0 Å². The number of carbonyl (C=O) groups excluding carboxylic acids is 3. The zero-order valence-electron chi connectivity index (χ0n) is 54.8. The zero-order valence-corrected chi connectivity index (χ0v) is 54.8. The number of hydrogen-bond acceptors (Lipinski definition) is 6. The fourth-order valence-electron chi connectivity index (χ4n) is 10.6. The van der Waals surface area contributed by atoms with Gasteiger partial charge in [-0.05, 0) is 70.6 Å². The van der Waals surface area contributed by atoms with Gasteiger partial charge in [0.2, 0.25) is 0 Å². The van der Waals surface area contributed by atoms with Gasteiger partial charge in [-0.25, -0.2) is 0 Å². The van der Waals surface area contributed by atoms with Crippen molar-refractivity contribution in [3.8, 4) is 0 Å². The molecule has 0 aromatic heterocycles. The molecule has 0 aromatic rings. The predicted octanol–water partition coefficient (Wildman–Crippen LogP) is 24.8. The standard InChI is InChI=1S/C76H136O6/c1-4-7-10-13-15-17-19-21-23-25-27-29-31-33-34-35-36-37-38-39-40-41-43-44-46-48-50-52-54-56-58-60-63-66-69-75(78)81-72-73(71-80-74(77)68-65-62-12-9-6-3)82-76(79)70-67-64-61-59-57-55-53-51-49-47-45-42-32-30-28-26-24-22-20-18-16-14-11-8-5-2/h8,11,16,18,22,24,28,30,42,45,49,51,73H,4-7,9-10,12-15,17,19-21,23,25-27,29,31-41,43-44,46-48,50,52-72H2,1-3H3/b11-8-,18-16-,24-22-,30-28-,45-42-,51-49-. The summed E-state index contributed by atoms with van der Waals surface area (Å²) in [6.07, 6.45) is 92.9. The van der Waals surface area contributed by atoms with Crippen LogP contribution in [-0.2, 0) is 28.6 Å². The maximum Gasteiger partial charge on any atom is 0.306 e. The van der Waals surface area contributed by atoms with Crippen LogP contribution in [0.4, 0.5) is 0 Å². The third-order valence-electron chi connectivity index (χ3n) is 16.0. The molecule has 0 heterocycles. The fraction of sp³-hybridized carbons (Fsp3) is 0.803. The van der Waals surface area contributed by atoms with E-state index in [1.807, 2.05) is 0 Å². The minimum absolute atomic E-state index is 0.0786. The third kappa shape index (κ3) is 67.6. The average molecular weight is 1150 g/mol. The summed E-state index contributed by atoms with van der Waals surface area (Å²) in [5, 5.41) is 0. The topological polar surface area (TPSA) is 78.9 Å². The van der Waals surface area contributed by atoms with Crippen molar-refractivity contribution in [2.75, 3.05) is 13.2 Å². The molecule has 6 heteroatoms. The molecule has 6 nitrogen and oxygen atoms in total. The van der Waals surface area contributed by atoms with Crippen molar-refractivity contribution >= 4 is 17.9 Å². The molecular formula is C76H136O6. The van der Waals surface area contributed by atoms with E-state index in [1.165, 1.54) is 218 Å². The predicted molar refractivity (Wildman–Crippen MR) is 358 cm³/mol. The minimum atomic E-state index is -0.780. The minimum Gasteiger partial charge on any atom is -0.462 e. The molecule has 0 amide bonds. The van der Waals surface area contributed by atoms with Gasteiger partial charge in [0.25, 0.3) is 0 Å². The van der Waals surface area contributed by atoms with Crippen molar-refractivity contribution in [2.45, 2.75) is 380 Å². The molecule has 1 atom stereocenters. The molecule has 0 saturated carbocycles. The quantitative estimate of drug-likeness (QED) is 0.0261. The monoisotopic (exact) mass is 1150 g/mol. The second-order valence-corrected chi connectivity index (χ2v) is 24.1. The van der Waals surface area contributed by atoms with Crippen LogP contribution in [0.5, 0.6) is 0 Å². The lowest BCUT2D eigenvalue weighted by molar-refractivity contribution is -0.167. The Bertz CT molecular complexity index is 1500. The molecule has 476 valence electrons. The normalized spacial score (nSPS) is 12.5. The van der Waals surface area contributed by atoms with Gasteiger partial charge in [0.1, 0.15) is 13.2 Å². The molecule has 0 radical (unpaired) electrons. The summed E-state index contributed by atoms with van der Waals surface area (Å²) in [4.78, 5) is 38.0. The highest BCUT2D eigenvalue weighted by molar-refractivity contribution is 5.71. The molecule has 0 aliphatic carbocycles. The second kappa shape index (κ2) is 70.3. The number of rotatable bonds is 66. The molecule has 82 heavy (non-hydrogen) atoms. The van der Waals surface area contributed by atoms with Gasteiger partial charge in [0.05, 0.1) is 0 Å². The van der Waals surface area contributed by atoms with Crippen LogP contribution in [0.1, 0.15) is 374 Å². The molecule has 0 aromatic carbocycles. The highest BCUT2D eigenvalue weighted by atomic mass is 16.6. The van der Waals surface area contributed by atoms with Crippen LogP contribution < -0.4 is 0 Å². The number of hydrogen-bond donors (Lipinski definition) is 0. The first kappa shape index (κ1) is 78.8. The largest absolute Gasteiger partial charge is 0.462 e. The summed E-state index contributed by atoms with van der Waals surface area (Å²) in [6, 6.07) is 0. The number of carbonyl (C=O) groups is 3. The Labute approximate surface area is 510 Å². The second-order valence-electron chi connectivity index (χ2n) is 24.1.